The molecule has 26 heavy (non-hydrogen) atoms. The van der Waals surface area contributed by atoms with Crippen molar-refractivity contribution in [2.75, 3.05) is 30.0 Å². The normalized spacial score (nSPS) is 15.9. The number of anilines is 4. The number of nitrogens with one attached hydrogen (secondary N) is 3. The van der Waals surface area contributed by atoms with E-state index in [0.29, 0.717) is 33.0 Å². The summed E-state index contributed by atoms with van der Waals surface area (Å²) in [5.41, 5.74) is 1.11. The molecule has 2 aromatic heterocycles. The first-order chi connectivity index (χ1) is 12.3. The van der Waals surface area contributed by atoms with Gasteiger partial charge in [-0.1, -0.05) is 25.2 Å². The first kappa shape index (κ1) is 18.1. The number of amides is 2. The molecule has 0 saturated heterocycles. The fourth-order valence-corrected chi connectivity index (χ4v) is 3.53. The minimum atomic E-state index is -0.350. The van der Waals surface area contributed by atoms with Crippen LogP contribution in [0.25, 0.3) is 0 Å². The standard InChI is InChI=1S/C16H21N7O2S/c1-7(2)9-14(24)21-10-12(20-9)17-6-18-13(10)22-16-19-8(3)11(26-16)15(25)23(4)5/h6-7,9H,1-5H3,(H,21,24)(H2,17,18,19,20,22). The number of rotatable bonds is 4. The van der Waals surface area contributed by atoms with Crippen molar-refractivity contribution < 1.29 is 9.59 Å². The molecular weight excluding hydrogens is 354 g/mol. The number of nitrogens with zero attached hydrogens (tertiary/aromatic N) is 4. The van der Waals surface area contributed by atoms with Crippen LogP contribution in [0.3, 0.4) is 0 Å². The molecule has 1 atom stereocenters. The first-order valence-corrected chi connectivity index (χ1v) is 8.98. The van der Waals surface area contributed by atoms with Gasteiger partial charge in [0, 0.05) is 14.1 Å². The Balaban J connectivity index is 1.89. The molecule has 2 amide bonds. The van der Waals surface area contributed by atoms with Crippen molar-refractivity contribution >= 4 is 45.6 Å². The Bertz CT molecular complexity index is 862. The number of carbonyl (C=O) groups excluding carboxylic acids is 2. The molecule has 3 rings (SSSR count). The van der Waals surface area contributed by atoms with Crippen LogP contribution in [0.2, 0.25) is 0 Å². The Hall–Kier alpha value is -2.75. The number of fused-ring (bicyclic) bond motifs is 1. The Kier molecular flexibility index (Phi) is 4.77. The zero-order valence-electron chi connectivity index (χ0n) is 15.2. The second kappa shape index (κ2) is 6.87. The molecule has 1 unspecified atom stereocenters. The van der Waals surface area contributed by atoms with E-state index in [0.717, 1.165) is 0 Å². The quantitative estimate of drug-likeness (QED) is 0.750. The van der Waals surface area contributed by atoms with E-state index in [4.69, 9.17) is 0 Å². The summed E-state index contributed by atoms with van der Waals surface area (Å²) >= 11 is 1.24. The molecule has 138 valence electrons. The Labute approximate surface area is 155 Å². The number of hydrogen-bond acceptors (Lipinski definition) is 8. The second-order valence-electron chi connectivity index (χ2n) is 6.56. The van der Waals surface area contributed by atoms with Gasteiger partial charge in [-0.15, -0.1) is 0 Å². The molecular formula is C16H21N7O2S. The van der Waals surface area contributed by atoms with Crippen LogP contribution in [-0.4, -0.2) is 51.8 Å². The van der Waals surface area contributed by atoms with Crippen LogP contribution in [0.1, 0.15) is 29.2 Å². The van der Waals surface area contributed by atoms with Crippen molar-refractivity contribution in [2.24, 2.45) is 5.92 Å². The van der Waals surface area contributed by atoms with E-state index in [9.17, 15) is 9.59 Å². The van der Waals surface area contributed by atoms with Gasteiger partial charge >= 0.3 is 0 Å². The molecule has 3 heterocycles. The van der Waals surface area contributed by atoms with Crippen LogP contribution < -0.4 is 16.0 Å². The molecule has 0 aliphatic carbocycles. The molecule has 1 aliphatic heterocycles. The van der Waals surface area contributed by atoms with Gasteiger partial charge in [-0.2, -0.15) is 0 Å². The molecule has 0 radical (unpaired) electrons. The highest BCUT2D eigenvalue weighted by molar-refractivity contribution is 7.17. The Morgan fingerprint density at radius 3 is 2.73 bits per heavy atom. The predicted octanol–water partition coefficient (Wildman–Crippen LogP) is 2.08. The van der Waals surface area contributed by atoms with Crippen molar-refractivity contribution in [3.63, 3.8) is 0 Å². The SMILES string of the molecule is Cc1nc(Nc2ncnc3c2NC(=O)C(C(C)C)N3)sc1C(=O)N(C)C. The van der Waals surface area contributed by atoms with E-state index < -0.39 is 0 Å². The summed E-state index contributed by atoms with van der Waals surface area (Å²) < 4.78 is 0. The third kappa shape index (κ3) is 3.32. The number of thiazole rings is 1. The van der Waals surface area contributed by atoms with Gasteiger partial charge < -0.3 is 20.9 Å². The molecule has 9 nitrogen and oxygen atoms in total. The topological polar surface area (TPSA) is 112 Å². The number of carbonyl (C=O) groups is 2. The zero-order valence-corrected chi connectivity index (χ0v) is 16.1. The lowest BCUT2D eigenvalue weighted by molar-refractivity contribution is -0.117. The van der Waals surface area contributed by atoms with E-state index in [1.807, 2.05) is 13.8 Å². The Morgan fingerprint density at radius 1 is 1.35 bits per heavy atom. The summed E-state index contributed by atoms with van der Waals surface area (Å²) in [6.07, 6.45) is 1.41. The maximum atomic E-state index is 12.3. The van der Waals surface area contributed by atoms with Gasteiger partial charge in [0.2, 0.25) is 5.91 Å². The summed E-state index contributed by atoms with van der Waals surface area (Å²) in [6.45, 7) is 5.71. The maximum absolute atomic E-state index is 12.3. The minimum Gasteiger partial charge on any atom is -0.356 e. The predicted molar refractivity (Wildman–Crippen MR) is 101 cm³/mol. The van der Waals surface area contributed by atoms with Crippen molar-refractivity contribution in [3.8, 4) is 0 Å². The lowest BCUT2D eigenvalue weighted by Gasteiger charge is -2.29. The molecule has 2 aromatic rings. The average molecular weight is 375 g/mol. The van der Waals surface area contributed by atoms with Crippen LogP contribution in [0, 0.1) is 12.8 Å². The summed E-state index contributed by atoms with van der Waals surface area (Å²) in [5, 5.41) is 9.60. The van der Waals surface area contributed by atoms with E-state index >= 15 is 0 Å². The van der Waals surface area contributed by atoms with Gasteiger partial charge in [-0.05, 0) is 12.8 Å². The molecule has 10 heteroatoms. The minimum absolute atomic E-state index is 0.104. The molecule has 0 bridgehead atoms. The second-order valence-corrected chi connectivity index (χ2v) is 7.56. The van der Waals surface area contributed by atoms with E-state index in [1.165, 1.54) is 22.6 Å². The highest BCUT2D eigenvalue weighted by Gasteiger charge is 2.31. The maximum Gasteiger partial charge on any atom is 0.265 e. The highest BCUT2D eigenvalue weighted by atomic mass is 32.1. The average Bonchev–Trinajstić information content (AvgIpc) is 2.94. The number of hydrogen-bond donors (Lipinski definition) is 3. The smallest absolute Gasteiger partial charge is 0.265 e. The third-order valence-corrected chi connectivity index (χ3v) is 5.02. The van der Waals surface area contributed by atoms with E-state index in [-0.39, 0.29) is 23.8 Å². The summed E-state index contributed by atoms with van der Waals surface area (Å²) in [4.78, 5) is 39.4. The summed E-state index contributed by atoms with van der Waals surface area (Å²) in [6, 6.07) is -0.350. The molecule has 0 spiro atoms. The fourth-order valence-electron chi connectivity index (χ4n) is 2.54. The van der Waals surface area contributed by atoms with E-state index in [2.05, 4.69) is 30.9 Å². The molecule has 1 aliphatic rings. The molecule has 3 N–H and O–H groups in total. The van der Waals surface area contributed by atoms with Crippen molar-refractivity contribution in [1.29, 1.82) is 0 Å². The van der Waals surface area contributed by atoms with E-state index in [1.54, 1.807) is 21.0 Å². The van der Waals surface area contributed by atoms with Crippen LogP contribution in [0.5, 0.6) is 0 Å². The number of aromatic nitrogens is 3. The van der Waals surface area contributed by atoms with Gasteiger partial charge in [-0.25, -0.2) is 15.0 Å². The monoisotopic (exact) mass is 375 g/mol. The van der Waals surface area contributed by atoms with Crippen LogP contribution in [0.15, 0.2) is 6.33 Å². The zero-order chi connectivity index (χ0) is 19.0. The summed E-state index contributed by atoms with van der Waals surface area (Å²) in [5.74, 6) is 0.863. The lowest BCUT2D eigenvalue weighted by atomic mass is 10.0. The Morgan fingerprint density at radius 2 is 2.08 bits per heavy atom. The fraction of sp³-hybridized carbons (Fsp3) is 0.438. The van der Waals surface area contributed by atoms with Gasteiger partial charge in [0.15, 0.2) is 16.8 Å². The van der Waals surface area contributed by atoms with Crippen molar-refractivity contribution in [1.82, 2.24) is 19.9 Å². The first-order valence-electron chi connectivity index (χ1n) is 8.16. The molecule has 0 aromatic carbocycles. The van der Waals surface area contributed by atoms with Crippen LogP contribution >= 0.6 is 11.3 Å². The van der Waals surface area contributed by atoms with Gasteiger partial charge in [0.1, 0.15) is 22.9 Å². The molecule has 0 fully saturated rings. The highest BCUT2D eigenvalue weighted by Crippen LogP contribution is 2.35. The number of aryl methyl sites for hydroxylation is 1. The van der Waals surface area contributed by atoms with Crippen molar-refractivity contribution in [3.05, 3.63) is 16.9 Å². The van der Waals surface area contributed by atoms with Gasteiger partial charge in [0.05, 0.1) is 5.69 Å². The molecule has 0 saturated carbocycles. The summed E-state index contributed by atoms with van der Waals surface area (Å²) in [7, 11) is 3.39. The largest absolute Gasteiger partial charge is 0.356 e. The van der Waals surface area contributed by atoms with Gasteiger partial charge in [0.25, 0.3) is 5.91 Å². The third-order valence-electron chi connectivity index (χ3n) is 3.96. The van der Waals surface area contributed by atoms with Gasteiger partial charge in [-0.3, -0.25) is 9.59 Å². The van der Waals surface area contributed by atoms with Crippen LogP contribution in [0.4, 0.5) is 22.5 Å². The lowest BCUT2D eigenvalue weighted by Crippen LogP contribution is -2.43. The van der Waals surface area contributed by atoms with Crippen molar-refractivity contribution in [2.45, 2.75) is 26.8 Å². The van der Waals surface area contributed by atoms with Crippen LogP contribution in [-0.2, 0) is 4.79 Å².